The average molecular weight is 776 g/mol. The summed E-state index contributed by atoms with van der Waals surface area (Å²) in [6, 6.07) is 68.6. The lowest BCUT2D eigenvalue weighted by atomic mass is 9.65. The summed E-state index contributed by atoms with van der Waals surface area (Å²) in [6.45, 7) is 0.859. The first-order valence-corrected chi connectivity index (χ1v) is 22.6. The second-order valence-electron chi connectivity index (χ2n) is 16.3. The SMILES string of the molecule is C1=CCNC(P(c2ccc(-c3ccc4c(c3)-c3ccccc3C(c3ccccc3)CC4)cc2)C2C=CC3=C(C2)C(c2ccccc2)(c2ccccc2)c2ccccc23)=C1. The summed E-state index contributed by atoms with van der Waals surface area (Å²) in [5.74, 6) is 0.393. The number of dihydropyridines is 1. The summed E-state index contributed by atoms with van der Waals surface area (Å²) in [4.78, 5) is 0. The molecule has 0 fully saturated rings. The first-order valence-electron chi connectivity index (χ1n) is 21.2. The number of allylic oxidation sites excluding steroid dienone is 6. The first-order chi connectivity index (χ1) is 29.3. The molecule has 1 nitrogen and oxygen atoms in total. The Morgan fingerprint density at radius 3 is 1.98 bits per heavy atom. The van der Waals surface area contributed by atoms with E-state index in [2.05, 4.69) is 218 Å². The highest BCUT2D eigenvalue weighted by Crippen LogP contribution is 2.61. The van der Waals surface area contributed by atoms with E-state index in [0.717, 1.165) is 25.8 Å². The molecule has 2 heteroatoms. The van der Waals surface area contributed by atoms with Gasteiger partial charge in [-0.15, -0.1) is 0 Å². The fourth-order valence-corrected chi connectivity index (χ4v) is 13.2. The summed E-state index contributed by atoms with van der Waals surface area (Å²) >= 11 is 0. The molecular weight excluding hydrogens is 730 g/mol. The second-order valence-corrected chi connectivity index (χ2v) is 18.7. The van der Waals surface area contributed by atoms with Crippen LogP contribution in [0.25, 0.3) is 27.8 Å². The van der Waals surface area contributed by atoms with E-state index in [-0.39, 0.29) is 5.41 Å². The molecule has 3 aliphatic carbocycles. The standard InChI is InChI=1S/C57H46NP/c1-4-16-41(17-5-1)48-35-31-42-27-28-43(38-53(42)50-23-11-10-22-49(48)50)40-29-32-46(33-30-40)59(56-26-14-15-37-58-56)47-34-36-52-51-24-12-13-25-54(51)57(55(52)39-47,44-18-6-2-7-19-44)45-20-8-3-9-21-45/h1-30,32-34,36,38,47-48,58H,31,35,37,39H2. The van der Waals surface area contributed by atoms with E-state index in [0.29, 0.717) is 11.6 Å². The van der Waals surface area contributed by atoms with Crippen molar-refractivity contribution in [3.8, 4) is 22.3 Å². The monoisotopic (exact) mass is 775 g/mol. The van der Waals surface area contributed by atoms with Crippen molar-refractivity contribution in [2.75, 3.05) is 6.54 Å². The summed E-state index contributed by atoms with van der Waals surface area (Å²) in [6.07, 6.45) is 15.0. The zero-order valence-electron chi connectivity index (χ0n) is 33.1. The van der Waals surface area contributed by atoms with Crippen LogP contribution in [0.15, 0.2) is 223 Å². The van der Waals surface area contributed by atoms with Gasteiger partial charge in [-0.1, -0.05) is 200 Å². The van der Waals surface area contributed by atoms with Crippen molar-refractivity contribution in [1.29, 1.82) is 0 Å². The molecule has 1 heterocycles. The zero-order valence-corrected chi connectivity index (χ0v) is 34.0. The van der Waals surface area contributed by atoms with Gasteiger partial charge >= 0.3 is 0 Å². The number of nitrogens with one attached hydrogen (secondary N) is 1. The van der Waals surface area contributed by atoms with E-state index >= 15 is 0 Å². The van der Waals surface area contributed by atoms with E-state index in [1.54, 1.807) is 0 Å². The van der Waals surface area contributed by atoms with E-state index in [1.807, 2.05) is 0 Å². The highest BCUT2D eigenvalue weighted by Gasteiger charge is 2.49. The molecule has 11 rings (SSSR count). The maximum Gasteiger partial charge on any atom is 0.0676 e. The molecule has 0 radical (unpaired) electrons. The minimum atomic E-state index is -0.748. The quantitative estimate of drug-likeness (QED) is 0.159. The lowest BCUT2D eigenvalue weighted by molar-refractivity contribution is 0.698. The third-order valence-electron chi connectivity index (χ3n) is 13.2. The Hall–Kier alpha value is -6.27. The highest BCUT2D eigenvalue weighted by molar-refractivity contribution is 7.70. The van der Waals surface area contributed by atoms with Crippen molar-refractivity contribution in [3.05, 3.63) is 262 Å². The first kappa shape index (κ1) is 35.9. The summed E-state index contributed by atoms with van der Waals surface area (Å²) in [5, 5.41) is 5.25. The van der Waals surface area contributed by atoms with Gasteiger partial charge in [0.15, 0.2) is 0 Å². The number of hydrogen-bond acceptors (Lipinski definition) is 1. The average Bonchev–Trinajstić information content (AvgIpc) is 3.50. The Balaban J connectivity index is 0.971. The zero-order chi connectivity index (χ0) is 39.2. The molecule has 0 aromatic heterocycles. The predicted molar refractivity (Wildman–Crippen MR) is 249 cm³/mol. The van der Waals surface area contributed by atoms with Gasteiger partial charge in [-0.2, -0.15) is 0 Å². The summed E-state index contributed by atoms with van der Waals surface area (Å²) in [5.41, 5.74) is 19.2. The normalized spacial score (nSPS) is 19.0. The molecule has 1 aliphatic heterocycles. The fraction of sp³-hybridized carbons (Fsp3) is 0.123. The molecule has 0 saturated heterocycles. The van der Waals surface area contributed by atoms with Crippen LogP contribution in [-0.2, 0) is 11.8 Å². The predicted octanol–water partition coefficient (Wildman–Crippen LogP) is 13.3. The molecule has 284 valence electrons. The Kier molecular flexibility index (Phi) is 9.21. The van der Waals surface area contributed by atoms with Crippen LogP contribution in [0.1, 0.15) is 57.7 Å². The molecule has 0 bridgehead atoms. The summed E-state index contributed by atoms with van der Waals surface area (Å²) < 4.78 is 0. The van der Waals surface area contributed by atoms with E-state index in [4.69, 9.17) is 0 Å². The Morgan fingerprint density at radius 2 is 1.25 bits per heavy atom. The molecule has 3 atom stereocenters. The maximum atomic E-state index is 3.84. The van der Waals surface area contributed by atoms with Crippen molar-refractivity contribution in [3.63, 3.8) is 0 Å². The minimum Gasteiger partial charge on any atom is -0.381 e. The Morgan fingerprint density at radius 1 is 0.593 bits per heavy atom. The van der Waals surface area contributed by atoms with Crippen LogP contribution < -0.4 is 10.6 Å². The third-order valence-corrected chi connectivity index (χ3v) is 15.9. The van der Waals surface area contributed by atoms with Crippen molar-refractivity contribution >= 4 is 18.8 Å². The third kappa shape index (κ3) is 6.11. The molecule has 3 unspecified atom stereocenters. The van der Waals surface area contributed by atoms with Gasteiger partial charge in [0.2, 0.25) is 0 Å². The molecule has 0 amide bonds. The molecule has 1 N–H and O–H groups in total. The Bertz CT molecular complexity index is 2750. The highest BCUT2D eigenvalue weighted by atomic mass is 31.1. The number of benzene rings is 7. The van der Waals surface area contributed by atoms with Crippen LogP contribution in [0.3, 0.4) is 0 Å². The van der Waals surface area contributed by atoms with Crippen molar-refractivity contribution in [2.45, 2.75) is 36.3 Å². The topological polar surface area (TPSA) is 12.0 Å². The van der Waals surface area contributed by atoms with Gasteiger partial charge in [0.1, 0.15) is 0 Å². The van der Waals surface area contributed by atoms with Gasteiger partial charge in [-0.3, -0.25) is 0 Å². The van der Waals surface area contributed by atoms with Gasteiger partial charge in [0.05, 0.1) is 5.41 Å². The van der Waals surface area contributed by atoms with Gasteiger partial charge in [-0.05, 0) is 117 Å². The maximum absolute atomic E-state index is 3.84. The number of fused-ring (bicyclic) bond motifs is 5. The minimum absolute atomic E-state index is 0.322. The van der Waals surface area contributed by atoms with Crippen LogP contribution in [0.2, 0.25) is 0 Å². The largest absolute Gasteiger partial charge is 0.381 e. The van der Waals surface area contributed by atoms with Crippen LogP contribution >= 0.6 is 7.92 Å². The fourth-order valence-electron chi connectivity index (χ4n) is 10.6. The van der Waals surface area contributed by atoms with Gasteiger partial charge in [0.25, 0.3) is 0 Å². The van der Waals surface area contributed by atoms with E-state index in [9.17, 15) is 0 Å². The van der Waals surface area contributed by atoms with Crippen LogP contribution in [0.4, 0.5) is 0 Å². The molecule has 4 aliphatic rings. The lowest BCUT2D eigenvalue weighted by Gasteiger charge is -2.39. The van der Waals surface area contributed by atoms with Crippen LogP contribution in [0, 0.1) is 0 Å². The Labute approximate surface area is 350 Å². The van der Waals surface area contributed by atoms with Gasteiger partial charge in [-0.25, -0.2) is 0 Å². The molecule has 7 aromatic rings. The molecule has 0 spiro atoms. The molecular formula is C57H46NP. The van der Waals surface area contributed by atoms with Crippen LogP contribution in [-0.4, -0.2) is 12.2 Å². The van der Waals surface area contributed by atoms with Crippen molar-refractivity contribution in [1.82, 2.24) is 5.32 Å². The lowest BCUT2D eigenvalue weighted by Crippen LogP contribution is -2.32. The number of hydrogen-bond donors (Lipinski definition) is 1. The van der Waals surface area contributed by atoms with Crippen LogP contribution in [0.5, 0.6) is 0 Å². The van der Waals surface area contributed by atoms with Gasteiger partial charge in [0, 0.05) is 23.6 Å². The van der Waals surface area contributed by atoms with Gasteiger partial charge < -0.3 is 5.32 Å². The van der Waals surface area contributed by atoms with Crippen molar-refractivity contribution in [2.24, 2.45) is 0 Å². The number of aryl methyl sites for hydroxylation is 1. The second kappa shape index (κ2) is 15.2. The smallest absolute Gasteiger partial charge is 0.0676 e. The molecule has 0 saturated carbocycles. The summed E-state index contributed by atoms with van der Waals surface area (Å²) in [7, 11) is -0.748. The van der Waals surface area contributed by atoms with E-state index in [1.165, 1.54) is 83.1 Å². The number of rotatable bonds is 7. The molecule has 59 heavy (non-hydrogen) atoms. The molecule has 7 aromatic carbocycles. The van der Waals surface area contributed by atoms with Crippen molar-refractivity contribution < 1.29 is 0 Å². The van der Waals surface area contributed by atoms with E-state index < -0.39 is 7.92 Å².